The molecule has 14 heavy (non-hydrogen) atoms. The minimum atomic E-state index is -2.67. The Labute approximate surface area is 76.0 Å². The minimum Gasteiger partial charge on any atom is -0.251 e. The van der Waals surface area contributed by atoms with E-state index in [9.17, 15) is 22.5 Å². The van der Waals surface area contributed by atoms with E-state index in [4.69, 9.17) is 0 Å². The molecule has 0 amide bonds. The predicted octanol–water partition coefficient (Wildman–Crippen LogP) is 2.40. The first-order valence-corrected chi connectivity index (χ1v) is 3.48. The zero-order chi connectivity index (χ0) is 10.7. The van der Waals surface area contributed by atoms with Crippen LogP contribution in [0.15, 0.2) is 18.2 Å². The molecule has 0 saturated carbocycles. The Kier molecular flexibility index (Phi) is 3.06. The highest BCUT2D eigenvalue weighted by Gasteiger charge is 2.26. The first kappa shape index (κ1) is 10.5. The molecule has 0 aliphatic carbocycles. The van der Waals surface area contributed by atoms with Crippen LogP contribution in [0.25, 0.3) is 0 Å². The summed E-state index contributed by atoms with van der Waals surface area (Å²) in [5.74, 6) is -4.78. The van der Waals surface area contributed by atoms with E-state index in [0.717, 1.165) is 18.2 Å². The third-order valence-electron chi connectivity index (χ3n) is 1.54. The third-order valence-corrected chi connectivity index (χ3v) is 1.54. The molecule has 2 nitrogen and oxygen atoms in total. The van der Waals surface area contributed by atoms with Crippen LogP contribution in [0.4, 0.5) is 17.7 Å². The fourth-order valence-corrected chi connectivity index (χ4v) is 0.882. The topological polar surface area (TPSA) is 26.3 Å². The van der Waals surface area contributed by atoms with E-state index in [0.29, 0.717) is 0 Å². The van der Waals surface area contributed by atoms with E-state index in [-0.39, 0.29) is 0 Å². The lowest BCUT2D eigenvalue weighted by Gasteiger charge is -2.05. The smallest absolute Gasteiger partial charge is 0.251 e. The summed E-state index contributed by atoms with van der Waals surface area (Å²) in [7, 11) is 0. The summed E-state index contributed by atoms with van der Waals surface area (Å²) in [6.45, 7) is 0. The van der Waals surface area contributed by atoms with Crippen molar-refractivity contribution in [1.82, 2.24) is 0 Å². The van der Waals surface area contributed by atoms with Crippen molar-refractivity contribution in [2.24, 2.45) is 0 Å². The zero-order valence-corrected chi connectivity index (χ0v) is 6.64. The Morgan fingerprint density at radius 2 is 2.00 bits per heavy atom. The number of hydrogen-bond donors (Lipinski definition) is 0. The number of carbonyl (C=O) groups is 1. The van der Waals surface area contributed by atoms with Crippen molar-refractivity contribution in [2.45, 2.75) is 6.17 Å². The van der Waals surface area contributed by atoms with Gasteiger partial charge < -0.3 is 0 Å². The molecule has 0 saturated heterocycles. The van der Waals surface area contributed by atoms with Gasteiger partial charge in [-0.1, -0.05) is 12.1 Å². The molecule has 76 valence electrons. The summed E-state index contributed by atoms with van der Waals surface area (Å²) in [6, 6.07) is 2.55. The highest BCUT2D eigenvalue weighted by Crippen LogP contribution is 2.23. The Balaban J connectivity index is 3.07. The van der Waals surface area contributed by atoms with Crippen LogP contribution < -0.4 is 0 Å². The largest absolute Gasteiger partial charge is 0.387 e. The van der Waals surface area contributed by atoms with Crippen molar-refractivity contribution >= 4 is 5.97 Å². The number of rotatable bonds is 2. The molecule has 6 heteroatoms. The van der Waals surface area contributed by atoms with E-state index < -0.39 is 29.3 Å². The lowest BCUT2D eigenvalue weighted by molar-refractivity contribution is -0.190. The van der Waals surface area contributed by atoms with E-state index in [2.05, 4.69) is 4.94 Å². The first-order chi connectivity index (χ1) is 6.57. The van der Waals surface area contributed by atoms with Crippen molar-refractivity contribution in [3.05, 3.63) is 35.4 Å². The molecule has 0 bridgehead atoms. The van der Waals surface area contributed by atoms with Gasteiger partial charge in [0.1, 0.15) is 0 Å². The number of halogens is 4. The van der Waals surface area contributed by atoms with E-state index in [1.165, 1.54) is 0 Å². The van der Waals surface area contributed by atoms with Crippen LogP contribution in [0.1, 0.15) is 11.7 Å². The van der Waals surface area contributed by atoms with Crippen LogP contribution in [-0.4, -0.2) is 5.97 Å². The molecule has 0 heterocycles. The van der Waals surface area contributed by atoms with Crippen LogP contribution in [0.3, 0.4) is 0 Å². The van der Waals surface area contributed by atoms with Crippen molar-refractivity contribution in [3.8, 4) is 0 Å². The van der Waals surface area contributed by atoms with E-state index in [1.807, 2.05) is 0 Å². The quantitative estimate of drug-likeness (QED) is 0.697. The molecule has 0 radical (unpaired) electrons. The maximum Gasteiger partial charge on any atom is 0.387 e. The molecule has 1 atom stereocenters. The van der Waals surface area contributed by atoms with Crippen LogP contribution in [0, 0.1) is 11.6 Å². The summed E-state index contributed by atoms with van der Waals surface area (Å²) < 4.78 is 49.4. The Hall–Kier alpha value is -1.59. The molecular formula is C8H4F4O2. The second-order valence-corrected chi connectivity index (χ2v) is 2.40. The highest BCUT2D eigenvalue weighted by molar-refractivity contribution is 5.75. The van der Waals surface area contributed by atoms with E-state index in [1.54, 1.807) is 0 Å². The monoisotopic (exact) mass is 208 g/mol. The molecule has 1 aromatic rings. The first-order valence-electron chi connectivity index (χ1n) is 3.48. The molecule has 0 fully saturated rings. The van der Waals surface area contributed by atoms with Crippen molar-refractivity contribution < 1.29 is 27.4 Å². The average molecular weight is 208 g/mol. The van der Waals surface area contributed by atoms with Crippen LogP contribution in [0.5, 0.6) is 0 Å². The fourth-order valence-electron chi connectivity index (χ4n) is 0.882. The van der Waals surface area contributed by atoms with Crippen molar-refractivity contribution in [2.75, 3.05) is 0 Å². The van der Waals surface area contributed by atoms with Gasteiger partial charge in [-0.25, -0.2) is 18.0 Å². The van der Waals surface area contributed by atoms with Gasteiger partial charge in [0.05, 0.1) is 0 Å². The number of alkyl halides is 1. The summed E-state index contributed by atoms with van der Waals surface area (Å²) in [4.78, 5) is 12.9. The number of benzene rings is 1. The number of hydrogen-bond acceptors (Lipinski definition) is 2. The number of carbonyl (C=O) groups excluding carboxylic acids is 1. The molecular weight excluding hydrogens is 204 g/mol. The second-order valence-electron chi connectivity index (χ2n) is 2.40. The lowest BCUT2D eigenvalue weighted by Crippen LogP contribution is -2.10. The molecule has 1 aromatic carbocycles. The standard InChI is InChI=1S/C8H4F4O2/c9-5-3-1-2-4(6(5)10)7(11)8(13)14-12/h1-3,7H. The second kappa shape index (κ2) is 4.08. The minimum absolute atomic E-state index is 0.742. The molecule has 1 rings (SSSR count). The summed E-state index contributed by atoms with van der Waals surface area (Å²) in [5, 5.41) is 0. The molecule has 0 aliphatic heterocycles. The van der Waals surface area contributed by atoms with Crippen LogP contribution in [-0.2, 0) is 9.74 Å². The van der Waals surface area contributed by atoms with Crippen molar-refractivity contribution in [1.29, 1.82) is 0 Å². The van der Waals surface area contributed by atoms with Gasteiger partial charge in [-0.3, -0.25) is 4.94 Å². The Morgan fingerprint density at radius 1 is 1.36 bits per heavy atom. The van der Waals surface area contributed by atoms with Crippen molar-refractivity contribution in [3.63, 3.8) is 0 Å². The average Bonchev–Trinajstić information content (AvgIpc) is 2.20. The van der Waals surface area contributed by atoms with Gasteiger partial charge in [0.25, 0.3) is 0 Å². The zero-order valence-electron chi connectivity index (χ0n) is 6.64. The normalized spacial score (nSPS) is 12.3. The molecule has 0 spiro atoms. The SMILES string of the molecule is O=C(OF)C(F)c1cccc(F)c1F. The summed E-state index contributed by atoms with van der Waals surface area (Å²) >= 11 is 0. The Morgan fingerprint density at radius 3 is 2.57 bits per heavy atom. The Bertz CT molecular complexity index is 353. The maximum absolute atomic E-state index is 12.8. The van der Waals surface area contributed by atoms with Crippen LogP contribution >= 0.6 is 0 Å². The molecule has 0 aliphatic rings. The van der Waals surface area contributed by atoms with Gasteiger partial charge >= 0.3 is 5.97 Å². The molecule has 0 aromatic heterocycles. The molecule has 1 unspecified atom stereocenters. The van der Waals surface area contributed by atoms with Gasteiger partial charge in [-0.15, -0.1) is 0 Å². The van der Waals surface area contributed by atoms with Gasteiger partial charge in [0.2, 0.25) is 6.17 Å². The van der Waals surface area contributed by atoms with Crippen LogP contribution in [0.2, 0.25) is 0 Å². The molecule has 0 N–H and O–H groups in total. The lowest BCUT2D eigenvalue weighted by atomic mass is 10.1. The predicted molar refractivity (Wildman–Crippen MR) is 37.4 cm³/mol. The van der Waals surface area contributed by atoms with Gasteiger partial charge in [-0.2, -0.15) is 0 Å². The van der Waals surface area contributed by atoms with Gasteiger partial charge in [-0.05, 0) is 6.07 Å². The summed E-state index contributed by atoms with van der Waals surface area (Å²) in [6.07, 6.45) is -2.67. The fraction of sp³-hybridized carbons (Fsp3) is 0.125. The van der Waals surface area contributed by atoms with E-state index >= 15 is 0 Å². The third kappa shape index (κ3) is 1.84. The highest BCUT2D eigenvalue weighted by atomic mass is 19.3. The van der Waals surface area contributed by atoms with Gasteiger partial charge in [0, 0.05) is 10.1 Å². The maximum atomic E-state index is 12.8. The summed E-state index contributed by atoms with van der Waals surface area (Å²) in [5.41, 5.74) is -0.896. The van der Waals surface area contributed by atoms with Gasteiger partial charge in [0.15, 0.2) is 11.6 Å².